The SMILES string of the molecule is CCCCCCN(C(=O)C(CS)NC(=O)OC(C)(C)C)C(C(=O)Nc1ccccc1C)c1ccc(C)c(C)c1. The van der Waals surface area contributed by atoms with E-state index in [0.717, 1.165) is 42.4 Å². The van der Waals surface area contributed by atoms with Gasteiger partial charge in [-0.25, -0.2) is 4.79 Å². The molecule has 0 fully saturated rings. The van der Waals surface area contributed by atoms with Crippen LogP contribution in [0.15, 0.2) is 42.5 Å². The van der Waals surface area contributed by atoms with E-state index in [0.29, 0.717) is 17.8 Å². The predicted octanol–water partition coefficient (Wildman–Crippen LogP) is 6.52. The molecular weight excluding hydrogens is 510 g/mol. The summed E-state index contributed by atoms with van der Waals surface area (Å²) in [5.41, 5.74) is 3.72. The predicted molar refractivity (Wildman–Crippen MR) is 161 cm³/mol. The fourth-order valence-electron chi connectivity index (χ4n) is 4.23. The zero-order valence-corrected chi connectivity index (χ0v) is 25.4. The molecule has 0 bridgehead atoms. The summed E-state index contributed by atoms with van der Waals surface area (Å²) in [5, 5.41) is 5.71. The molecule has 0 aliphatic heterocycles. The van der Waals surface area contributed by atoms with Gasteiger partial charge in [-0.15, -0.1) is 0 Å². The number of carbonyl (C=O) groups excluding carboxylic acids is 3. The molecule has 2 rings (SSSR count). The standard InChI is InChI=1S/C31H45N3O4S/c1-8-9-10-13-18-34(29(36)26(20-39)33-30(37)38-31(5,6)7)27(24-17-16-21(2)23(4)19-24)28(35)32-25-15-12-11-14-22(25)3/h11-12,14-17,19,26-27,39H,8-10,13,18,20H2,1-7H3,(H,32,35)(H,33,37). The van der Waals surface area contributed by atoms with Crippen LogP contribution < -0.4 is 10.6 Å². The molecule has 2 aromatic rings. The number of aryl methyl sites for hydroxylation is 3. The van der Waals surface area contributed by atoms with E-state index in [2.05, 4.69) is 30.2 Å². The van der Waals surface area contributed by atoms with Gasteiger partial charge in [0, 0.05) is 18.0 Å². The third-order valence-electron chi connectivity index (χ3n) is 6.52. The van der Waals surface area contributed by atoms with Gasteiger partial charge in [-0.3, -0.25) is 9.59 Å². The summed E-state index contributed by atoms with van der Waals surface area (Å²) < 4.78 is 5.39. The fourth-order valence-corrected chi connectivity index (χ4v) is 4.48. The van der Waals surface area contributed by atoms with E-state index in [9.17, 15) is 14.4 Å². The summed E-state index contributed by atoms with van der Waals surface area (Å²) in [4.78, 5) is 42.2. The van der Waals surface area contributed by atoms with E-state index >= 15 is 0 Å². The molecule has 0 saturated heterocycles. The lowest BCUT2D eigenvalue weighted by atomic mass is 9.98. The number of nitrogens with zero attached hydrogens (tertiary/aromatic N) is 1. The van der Waals surface area contributed by atoms with Gasteiger partial charge < -0.3 is 20.3 Å². The summed E-state index contributed by atoms with van der Waals surface area (Å²) in [6, 6.07) is 11.5. The second kappa shape index (κ2) is 15.0. The molecule has 3 amide bonds. The number of amides is 3. The Bertz CT molecular complexity index is 1130. The van der Waals surface area contributed by atoms with E-state index < -0.39 is 23.8 Å². The molecule has 39 heavy (non-hydrogen) atoms. The number of para-hydroxylation sites is 1. The van der Waals surface area contributed by atoms with Crippen LogP contribution in [0.25, 0.3) is 0 Å². The zero-order valence-electron chi connectivity index (χ0n) is 24.5. The highest BCUT2D eigenvalue weighted by molar-refractivity contribution is 7.80. The number of thiol groups is 1. The van der Waals surface area contributed by atoms with Gasteiger partial charge in [-0.2, -0.15) is 12.6 Å². The van der Waals surface area contributed by atoms with Crippen LogP contribution in [0.3, 0.4) is 0 Å². The highest BCUT2D eigenvalue weighted by Gasteiger charge is 2.36. The van der Waals surface area contributed by atoms with Gasteiger partial charge in [-0.05, 0) is 76.3 Å². The van der Waals surface area contributed by atoms with Crippen molar-refractivity contribution in [1.82, 2.24) is 10.2 Å². The Morgan fingerprint density at radius 2 is 1.64 bits per heavy atom. The molecule has 2 unspecified atom stereocenters. The molecule has 0 radical (unpaired) electrons. The van der Waals surface area contributed by atoms with Crippen molar-refractivity contribution in [1.29, 1.82) is 0 Å². The van der Waals surface area contributed by atoms with Crippen molar-refractivity contribution >= 4 is 36.2 Å². The number of nitrogens with one attached hydrogen (secondary N) is 2. The van der Waals surface area contributed by atoms with E-state index in [4.69, 9.17) is 4.74 Å². The number of benzene rings is 2. The Morgan fingerprint density at radius 1 is 0.949 bits per heavy atom. The molecule has 2 atom stereocenters. The zero-order chi connectivity index (χ0) is 29.2. The third kappa shape index (κ3) is 9.92. The maximum absolute atomic E-state index is 14.1. The smallest absolute Gasteiger partial charge is 0.408 e. The van der Waals surface area contributed by atoms with E-state index in [1.165, 1.54) is 0 Å². The number of ether oxygens (including phenoxy) is 1. The van der Waals surface area contributed by atoms with E-state index in [1.807, 2.05) is 63.2 Å². The molecule has 2 N–H and O–H groups in total. The second-order valence-corrected chi connectivity index (χ2v) is 11.4. The molecular formula is C31H45N3O4S. The van der Waals surface area contributed by atoms with Crippen LogP contribution in [-0.4, -0.2) is 46.7 Å². The number of hydrogen-bond acceptors (Lipinski definition) is 5. The minimum atomic E-state index is -0.963. The van der Waals surface area contributed by atoms with Crippen LogP contribution in [0.2, 0.25) is 0 Å². The first-order chi connectivity index (χ1) is 18.4. The highest BCUT2D eigenvalue weighted by atomic mass is 32.1. The topological polar surface area (TPSA) is 87.7 Å². The molecule has 0 spiro atoms. The van der Waals surface area contributed by atoms with Crippen molar-refractivity contribution in [3.8, 4) is 0 Å². The molecule has 0 heterocycles. The highest BCUT2D eigenvalue weighted by Crippen LogP contribution is 2.28. The quantitative estimate of drug-likeness (QED) is 0.205. The van der Waals surface area contributed by atoms with Crippen LogP contribution in [-0.2, 0) is 14.3 Å². The van der Waals surface area contributed by atoms with Gasteiger partial charge in [0.05, 0.1) is 0 Å². The molecule has 214 valence electrons. The molecule has 7 nitrogen and oxygen atoms in total. The molecule has 0 saturated carbocycles. The Labute approximate surface area is 239 Å². The average molecular weight is 556 g/mol. The van der Waals surface area contributed by atoms with Crippen molar-refractivity contribution in [2.45, 2.75) is 91.8 Å². The van der Waals surface area contributed by atoms with Crippen LogP contribution >= 0.6 is 12.6 Å². The van der Waals surface area contributed by atoms with Gasteiger partial charge in [0.1, 0.15) is 17.7 Å². The van der Waals surface area contributed by atoms with Gasteiger partial charge in [0.2, 0.25) is 5.91 Å². The maximum atomic E-state index is 14.1. The molecule has 0 aliphatic carbocycles. The number of hydrogen-bond donors (Lipinski definition) is 3. The Balaban J connectivity index is 2.52. The van der Waals surface area contributed by atoms with Crippen LogP contribution in [0.5, 0.6) is 0 Å². The number of rotatable bonds is 12. The van der Waals surface area contributed by atoms with E-state index in [1.54, 1.807) is 25.7 Å². The fraction of sp³-hybridized carbons (Fsp3) is 0.516. The molecule has 2 aromatic carbocycles. The van der Waals surface area contributed by atoms with Crippen molar-refractivity contribution in [3.05, 3.63) is 64.7 Å². The third-order valence-corrected chi connectivity index (χ3v) is 6.88. The summed E-state index contributed by atoms with van der Waals surface area (Å²) >= 11 is 4.37. The maximum Gasteiger partial charge on any atom is 0.408 e. The van der Waals surface area contributed by atoms with E-state index in [-0.39, 0.29) is 17.6 Å². The average Bonchev–Trinajstić information content (AvgIpc) is 2.86. The summed E-state index contributed by atoms with van der Waals surface area (Å²) in [5.74, 6) is -0.634. The van der Waals surface area contributed by atoms with Gasteiger partial charge in [-0.1, -0.05) is 62.6 Å². The summed E-state index contributed by atoms with van der Waals surface area (Å²) in [6.45, 7) is 13.7. The normalized spacial score (nSPS) is 12.8. The number of alkyl carbamates (subject to hydrolysis) is 1. The minimum Gasteiger partial charge on any atom is -0.444 e. The molecule has 0 aliphatic rings. The minimum absolute atomic E-state index is 0.0581. The second-order valence-electron chi connectivity index (χ2n) is 11.0. The van der Waals surface area contributed by atoms with Crippen molar-refractivity contribution in [2.75, 3.05) is 17.6 Å². The number of carbonyl (C=O) groups is 3. The van der Waals surface area contributed by atoms with Gasteiger partial charge in [0.25, 0.3) is 5.91 Å². The number of unbranched alkanes of at least 4 members (excludes halogenated alkanes) is 3. The first-order valence-electron chi connectivity index (χ1n) is 13.7. The van der Waals surface area contributed by atoms with Crippen molar-refractivity contribution in [2.24, 2.45) is 0 Å². The lowest BCUT2D eigenvalue weighted by Gasteiger charge is -2.34. The largest absolute Gasteiger partial charge is 0.444 e. The lowest BCUT2D eigenvalue weighted by Crippen LogP contribution is -2.53. The molecule has 0 aromatic heterocycles. The first-order valence-corrected chi connectivity index (χ1v) is 14.4. The summed E-state index contributed by atoms with van der Waals surface area (Å²) in [6.07, 6.45) is 3.02. The van der Waals surface area contributed by atoms with Crippen molar-refractivity contribution in [3.63, 3.8) is 0 Å². The number of anilines is 1. The Morgan fingerprint density at radius 3 is 2.23 bits per heavy atom. The Hall–Kier alpha value is -3.00. The molecule has 8 heteroatoms. The van der Waals surface area contributed by atoms with Crippen molar-refractivity contribution < 1.29 is 19.1 Å². The Kier molecular flexibility index (Phi) is 12.4. The first kappa shape index (κ1) is 32.2. The van der Waals surface area contributed by atoms with Crippen LogP contribution in [0, 0.1) is 20.8 Å². The van der Waals surface area contributed by atoms with Gasteiger partial charge >= 0.3 is 6.09 Å². The monoisotopic (exact) mass is 555 g/mol. The van der Waals surface area contributed by atoms with Gasteiger partial charge in [0.15, 0.2) is 0 Å². The van der Waals surface area contributed by atoms with Crippen LogP contribution in [0.1, 0.15) is 81.7 Å². The lowest BCUT2D eigenvalue weighted by molar-refractivity contribution is -0.140. The van der Waals surface area contributed by atoms with Crippen LogP contribution in [0.4, 0.5) is 10.5 Å². The summed E-state index contributed by atoms with van der Waals surface area (Å²) in [7, 11) is 0.